The van der Waals surface area contributed by atoms with Crippen molar-refractivity contribution in [2.45, 2.75) is 90.1 Å². The molecule has 4 aromatic rings. The Labute approximate surface area is 280 Å². The van der Waals surface area contributed by atoms with Gasteiger partial charge in [-0.3, -0.25) is 24.8 Å². The van der Waals surface area contributed by atoms with Crippen LogP contribution >= 0.6 is 0 Å². The highest BCUT2D eigenvalue weighted by molar-refractivity contribution is 5.32. The molecule has 3 aliphatic rings. The molecule has 0 N–H and O–H groups in total. The van der Waals surface area contributed by atoms with Crippen molar-refractivity contribution in [2.24, 2.45) is 0 Å². The van der Waals surface area contributed by atoms with Gasteiger partial charge in [-0.2, -0.15) is 0 Å². The highest BCUT2D eigenvalue weighted by atomic mass is 16.9. The molecule has 0 unspecified atom stereocenters. The van der Waals surface area contributed by atoms with Crippen LogP contribution in [0.5, 0.6) is 0 Å². The summed E-state index contributed by atoms with van der Waals surface area (Å²) in [5.41, 5.74) is 3.81. The van der Waals surface area contributed by atoms with E-state index in [1.54, 1.807) is 10.9 Å². The molecule has 0 bridgehead atoms. The van der Waals surface area contributed by atoms with E-state index in [2.05, 4.69) is 47.2 Å². The Morgan fingerprint density at radius 1 is 0.667 bits per heavy atom. The summed E-state index contributed by atoms with van der Waals surface area (Å²) in [4.78, 5) is 18.4. The number of pyridine rings is 3. The van der Waals surface area contributed by atoms with Crippen molar-refractivity contribution < 1.29 is 23.7 Å². The Bertz CT molecular complexity index is 1630. The first-order valence-corrected chi connectivity index (χ1v) is 16.3. The normalized spacial score (nSPS) is 24.9. The lowest BCUT2D eigenvalue weighted by molar-refractivity contribution is -0.187. The number of fused-ring (bicyclic) bond motifs is 3. The first kappa shape index (κ1) is 32.4. The monoisotopic (exact) mass is 654 g/mol. The molecule has 13 heteroatoms. The molecule has 13 nitrogen and oxygen atoms in total. The van der Waals surface area contributed by atoms with E-state index in [4.69, 9.17) is 23.7 Å². The summed E-state index contributed by atoms with van der Waals surface area (Å²) in [5, 5.41) is 8.93. The molecule has 7 rings (SSSR count). The van der Waals surface area contributed by atoms with Gasteiger partial charge < -0.3 is 23.7 Å². The van der Waals surface area contributed by atoms with Crippen LogP contribution in [0.2, 0.25) is 0 Å². The fraction of sp³-hybridized carbons (Fsp3) is 0.457. The number of rotatable bonds is 12. The molecule has 252 valence electrons. The number of nitrogens with zero attached hydrogens (tertiary/aromatic N) is 8. The molecule has 48 heavy (non-hydrogen) atoms. The van der Waals surface area contributed by atoms with Gasteiger partial charge in [-0.15, -0.1) is 5.10 Å². The molecule has 0 aliphatic carbocycles. The van der Waals surface area contributed by atoms with E-state index in [1.165, 1.54) is 0 Å². The van der Waals surface area contributed by atoms with Crippen molar-refractivity contribution in [2.75, 3.05) is 13.1 Å². The van der Waals surface area contributed by atoms with Crippen molar-refractivity contribution in [1.29, 1.82) is 0 Å². The van der Waals surface area contributed by atoms with Crippen molar-refractivity contribution in [3.05, 3.63) is 108 Å². The SMILES string of the molecule is CC1(C)O[C@H]2O/C(=C\n3cc(CN(CCN(Cc4ccccn4)Cc4ccccn4)Cc4ccccn4)nn3)[C@@H]3OC(C)(C)O[C@@H]3[C@H]2O1. The number of hydrogen-bond donors (Lipinski definition) is 0. The van der Waals surface area contributed by atoms with Crippen molar-refractivity contribution in [1.82, 2.24) is 39.7 Å². The van der Waals surface area contributed by atoms with E-state index in [1.807, 2.05) is 94.9 Å². The lowest BCUT2D eigenvalue weighted by Gasteiger charge is -2.33. The van der Waals surface area contributed by atoms with E-state index in [0.717, 1.165) is 35.9 Å². The smallest absolute Gasteiger partial charge is 0.231 e. The minimum Gasteiger partial charge on any atom is -0.462 e. The lowest BCUT2D eigenvalue weighted by atomic mass is 10.0. The third-order valence-electron chi connectivity index (χ3n) is 8.34. The van der Waals surface area contributed by atoms with Crippen LogP contribution in [0.25, 0.3) is 6.20 Å². The Morgan fingerprint density at radius 2 is 1.19 bits per heavy atom. The third kappa shape index (κ3) is 7.95. The van der Waals surface area contributed by atoms with Gasteiger partial charge in [0.15, 0.2) is 17.7 Å². The predicted molar refractivity (Wildman–Crippen MR) is 174 cm³/mol. The Balaban J connectivity index is 1.08. The van der Waals surface area contributed by atoms with Gasteiger partial charge in [-0.05, 0) is 64.1 Å². The minimum absolute atomic E-state index is 0.385. The summed E-state index contributed by atoms with van der Waals surface area (Å²) in [6.45, 7) is 11.7. The van der Waals surface area contributed by atoms with E-state index in [-0.39, 0.29) is 6.10 Å². The van der Waals surface area contributed by atoms with Gasteiger partial charge in [0.25, 0.3) is 0 Å². The maximum absolute atomic E-state index is 6.27. The second kappa shape index (κ2) is 13.8. The van der Waals surface area contributed by atoms with Crippen molar-refractivity contribution in [3.8, 4) is 0 Å². The van der Waals surface area contributed by atoms with Crippen molar-refractivity contribution in [3.63, 3.8) is 0 Å². The average Bonchev–Trinajstić information content (AvgIpc) is 3.74. The van der Waals surface area contributed by atoms with Crippen LogP contribution in [0.4, 0.5) is 0 Å². The minimum atomic E-state index is -0.802. The first-order valence-electron chi connectivity index (χ1n) is 16.3. The van der Waals surface area contributed by atoms with Gasteiger partial charge >= 0.3 is 0 Å². The highest BCUT2D eigenvalue weighted by Crippen LogP contribution is 2.45. The van der Waals surface area contributed by atoms with Gasteiger partial charge in [-0.1, -0.05) is 23.4 Å². The number of ether oxygens (including phenoxy) is 5. The fourth-order valence-electron chi connectivity index (χ4n) is 6.31. The standard InChI is InChI=1S/C35H42N8O5/c1-34(2)45-30-29(44-33-32(31(30)46-34)47-35(3,4)48-33)24-43-23-28(39-40-43)22-42(21-27-13-7-10-16-38-27)18-17-41(19-25-11-5-8-14-36-25)20-26-12-6-9-15-37-26/h5-16,23-24,30-33H,17-22H2,1-4H3/b29-24-/t30-,31-,32+,33+/m0/s1. The summed E-state index contributed by atoms with van der Waals surface area (Å²) >= 11 is 0. The Hall–Kier alpha value is -4.11. The van der Waals surface area contributed by atoms with Gasteiger partial charge in [-0.25, -0.2) is 4.68 Å². The summed E-state index contributed by atoms with van der Waals surface area (Å²) in [7, 11) is 0. The average molecular weight is 655 g/mol. The maximum Gasteiger partial charge on any atom is 0.231 e. The van der Waals surface area contributed by atoms with E-state index in [9.17, 15) is 0 Å². The first-order chi connectivity index (χ1) is 23.2. The van der Waals surface area contributed by atoms with Crippen LogP contribution in [0.3, 0.4) is 0 Å². The topological polar surface area (TPSA) is 122 Å². The Morgan fingerprint density at radius 3 is 1.73 bits per heavy atom. The lowest BCUT2D eigenvalue weighted by Crippen LogP contribution is -2.49. The second-order valence-corrected chi connectivity index (χ2v) is 13.2. The molecule has 7 heterocycles. The molecule has 0 amide bonds. The summed E-state index contributed by atoms with van der Waals surface area (Å²) in [5.74, 6) is -1.05. The van der Waals surface area contributed by atoms with Crippen LogP contribution in [0.1, 0.15) is 50.5 Å². The molecule has 0 saturated carbocycles. The molecule has 3 aliphatic heterocycles. The zero-order valence-electron chi connectivity index (χ0n) is 27.8. The third-order valence-corrected chi connectivity index (χ3v) is 8.34. The molecule has 0 spiro atoms. The zero-order valence-corrected chi connectivity index (χ0v) is 27.8. The van der Waals surface area contributed by atoms with E-state index in [0.29, 0.717) is 31.9 Å². The van der Waals surface area contributed by atoms with Crippen LogP contribution in [-0.4, -0.2) is 89.0 Å². The van der Waals surface area contributed by atoms with Gasteiger partial charge in [0.2, 0.25) is 6.29 Å². The quantitative estimate of drug-likeness (QED) is 0.220. The number of aromatic nitrogens is 6. The maximum atomic E-state index is 6.27. The van der Waals surface area contributed by atoms with Gasteiger partial charge in [0.1, 0.15) is 18.0 Å². The Kier molecular flexibility index (Phi) is 9.32. The molecule has 0 radical (unpaired) electrons. The van der Waals surface area contributed by atoms with Crippen LogP contribution in [0.15, 0.2) is 85.1 Å². The van der Waals surface area contributed by atoms with Crippen LogP contribution < -0.4 is 0 Å². The molecule has 4 aromatic heterocycles. The predicted octanol–water partition coefficient (Wildman–Crippen LogP) is 3.99. The van der Waals surface area contributed by atoms with Crippen molar-refractivity contribution >= 4 is 6.20 Å². The number of hydrogen-bond acceptors (Lipinski definition) is 12. The van der Waals surface area contributed by atoms with Crippen LogP contribution in [0, 0.1) is 0 Å². The molecule has 0 aromatic carbocycles. The molecular formula is C35H42N8O5. The second-order valence-electron chi connectivity index (χ2n) is 13.2. The van der Waals surface area contributed by atoms with Gasteiger partial charge in [0.05, 0.1) is 35.2 Å². The highest BCUT2D eigenvalue weighted by Gasteiger charge is 2.60. The summed E-state index contributed by atoms with van der Waals surface area (Å²) < 4.78 is 32.6. The van der Waals surface area contributed by atoms with Crippen LogP contribution in [-0.2, 0) is 49.9 Å². The van der Waals surface area contributed by atoms with E-state index >= 15 is 0 Å². The fourth-order valence-corrected chi connectivity index (χ4v) is 6.31. The molecular weight excluding hydrogens is 612 g/mol. The largest absolute Gasteiger partial charge is 0.462 e. The van der Waals surface area contributed by atoms with E-state index < -0.39 is 30.1 Å². The molecule has 4 atom stereocenters. The zero-order chi connectivity index (χ0) is 33.1. The molecule has 3 fully saturated rings. The molecule has 3 saturated heterocycles. The summed E-state index contributed by atoms with van der Waals surface area (Å²) in [6.07, 6.45) is 7.28. The van der Waals surface area contributed by atoms with Gasteiger partial charge in [0, 0.05) is 57.9 Å². The summed E-state index contributed by atoms with van der Waals surface area (Å²) in [6, 6.07) is 18.0.